The van der Waals surface area contributed by atoms with E-state index in [-0.39, 0.29) is 23.5 Å². The van der Waals surface area contributed by atoms with Gasteiger partial charge in [-0.25, -0.2) is 15.0 Å². The second kappa shape index (κ2) is 8.51. The predicted molar refractivity (Wildman–Crippen MR) is 125 cm³/mol. The standard InChI is InChI=1S/C25H22F2N6O3/c1-13-19(6-14-4-2-3-5-20(14)36-24(26)27)33-12-18(28-9-21(33)31-13)15-7-29-25(30-8-15)32-10-16-17(11-32)22(16)23(34)35/h2-5,7-9,12,16-17,22,24H,6,10-11H2,1H3,(H,34,35)/t16-,17+,22+. The van der Waals surface area contributed by atoms with E-state index in [9.17, 15) is 18.7 Å². The van der Waals surface area contributed by atoms with Crippen molar-refractivity contribution < 1.29 is 23.4 Å². The number of benzene rings is 1. The summed E-state index contributed by atoms with van der Waals surface area (Å²) in [5.74, 6) is 0.1000. The van der Waals surface area contributed by atoms with Crippen molar-refractivity contribution in [2.24, 2.45) is 17.8 Å². The van der Waals surface area contributed by atoms with Crippen LogP contribution in [-0.2, 0) is 11.2 Å². The van der Waals surface area contributed by atoms with Gasteiger partial charge in [-0.05, 0) is 24.8 Å². The van der Waals surface area contributed by atoms with Crippen molar-refractivity contribution in [3.05, 3.63) is 66.0 Å². The number of hydrogen-bond acceptors (Lipinski definition) is 7. The Kier molecular flexibility index (Phi) is 5.27. The van der Waals surface area contributed by atoms with Gasteiger partial charge in [0.05, 0.1) is 29.2 Å². The summed E-state index contributed by atoms with van der Waals surface area (Å²) < 4.78 is 32.3. The third kappa shape index (κ3) is 3.90. The van der Waals surface area contributed by atoms with Gasteiger partial charge in [0.25, 0.3) is 0 Å². The van der Waals surface area contributed by atoms with Gasteiger partial charge in [0.15, 0.2) is 5.65 Å². The molecule has 0 amide bonds. The fourth-order valence-corrected chi connectivity index (χ4v) is 5.20. The molecule has 4 heterocycles. The molecule has 0 spiro atoms. The number of fused-ring (bicyclic) bond motifs is 2. The average Bonchev–Trinajstić information content (AvgIpc) is 3.21. The predicted octanol–water partition coefficient (Wildman–Crippen LogP) is 3.45. The molecular formula is C25H22F2N6O3. The van der Waals surface area contributed by atoms with Gasteiger partial charge in [-0.1, -0.05) is 18.2 Å². The SMILES string of the molecule is Cc1nc2cnc(-c3cnc(N4C[C@@H]5[C@H](C4)[C@H]5C(=O)O)nc3)cn2c1Cc1ccccc1OC(F)F. The summed E-state index contributed by atoms with van der Waals surface area (Å²) in [6, 6.07) is 6.72. The molecule has 0 radical (unpaired) electrons. The molecule has 1 N–H and O–H groups in total. The summed E-state index contributed by atoms with van der Waals surface area (Å²) in [6.07, 6.45) is 7.24. The summed E-state index contributed by atoms with van der Waals surface area (Å²) in [5, 5.41) is 9.21. The Hall–Kier alpha value is -4.15. The minimum absolute atomic E-state index is 0.134. The van der Waals surface area contributed by atoms with Gasteiger partial charge in [0.1, 0.15) is 5.75 Å². The number of carboxylic acid groups (broad SMARTS) is 1. The van der Waals surface area contributed by atoms with Crippen LogP contribution in [0.25, 0.3) is 16.9 Å². The first-order valence-corrected chi connectivity index (χ1v) is 11.6. The van der Waals surface area contributed by atoms with E-state index >= 15 is 0 Å². The summed E-state index contributed by atoms with van der Waals surface area (Å²) in [7, 11) is 0. The Morgan fingerprint density at radius 2 is 1.86 bits per heavy atom. The number of nitrogens with zero attached hydrogens (tertiary/aromatic N) is 6. The first-order valence-electron chi connectivity index (χ1n) is 11.6. The number of aliphatic carboxylic acids is 1. The lowest BCUT2D eigenvalue weighted by Crippen LogP contribution is -2.27. The van der Waals surface area contributed by atoms with Gasteiger partial charge in [-0.15, -0.1) is 0 Å². The number of carboxylic acids is 1. The van der Waals surface area contributed by atoms with Gasteiger partial charge in [-0.2, -0.15) is 8.78 Å². The molecule has 2 fully saturated rings. The normalized spacial score (nSPS) is 20.7. The van der Waals surface area contributed by atoms with Crippen molar-refractivity contribution in [3.63, 3.8) is 0 Å². The lowest BCUT2D eigenvalue weighted by molar-refractivity contribution is -0.139. The molecule has 9 nitrogen and oxygen atoms in total. The van der Waals surface area contributed by atoms with E-state index in [0.717, 1.165) is 11.4 Å². The number of aromatic nitrogens is 5. The molecule has 2 aliphatic rings. The van der Waals surface area contributed by atoms with E-state index in [1.54, 1.807) is 36.8 Å². The number of para-hydroxylation sites is 1. The maximum Gasteiger partial charge on any atom is 0.387 e. The lowest BCUT2D eigenvalue weighted by atomic mass is 10.1. The molecule has 0 bridgehead atoms. The Morgan fingerprint density at radius 3 is 2.56 bits per heavy atom. The van der Waals surface area contributed by atoms with Crippen LogP contribution in [0.2, 0.25) is 0 Å². The Bertz CT molecular complexity index is 1450. The Morgan fingerprint density at radius 1 is 1.14 bits per heavy atom. The number of aryl methyl sites for hydroxylation is 1. The van der Waals surface area contributed by atoms with Crippen molar-refractivity contribution in [2.75, 3.05) is 18.0 Å². The summed E-state index contributed by atoms with van der Waals surface area (Å²) in [6.45, 7) is 0.267. The molecule has 3 aromatic heterocycles. The molecule has 1 aliphatic heterocycles. The minimum atomic E-state index is -2.90. The van der Waals surface area contributed by atoms with Crippen LogP contribution in [0.15, 0.2) is 49.1 Å². The van der Waals surface area contributed by atoms with Crippen molar-refractivity contribution in [2.45, 2.75) is 20.0 Å². The number of piperidine rings is 1. The molecule has 1 saturated heterocycles. The van der Waals surface area contributed by atoms with Crippen LogP contribution in [0.1, 0.15) is 17.0 Å². The number of imidazole rings is 1. The van der Waals surface area contributed by atoms with E-state index in [1.165, 1.54) is 6.07 Å². The van der Waals surface area contributed by atoms with E-state index in [0.29, 0.717) is 47.9 Å². The molecule has 3 atom stereocenters. The van der Waals surface area contributed by atoms with E-state index in [1.807, 2.05) is 22.4 Å². The molecular weight excluding hydrogens is 470 g/mol. The topological polar surface area (TPSA) is 106 Å². The number of alkyl halides is 2. The van der Waals surface area contributed by atoms with Crippen LogP contribution >= 0.6 is 0 Å². The number of ether oxygens (including phenoxy) is 1. The lowest BCUT2D eigenvalue weighted by Gasteiger charge is -2.18. The first-order chi connectivity index (χ1) is 17.4. The molecule has 11 heteroatoms. The number of hydrogen-bond donors (Lipinski definition) is 1. The van der Waals surface area contributed by atoms with Crippen LogP contribution in [0, 0.1) is 24.7 Å². The van der Waals surface area contributed by atoms with Crippen molar-refractivity contribution >= 4 is 17.6 Å². The van der Waals surface area contributed by atoms with Crippen LogP contribution in [0.5, 0.6) is 5.75 Å². The molecule has 184 valence electrons. The van der Waals surface area contributed by atoms with E-state index in [2.05, 4.69) is 19.9 Å². The summed E-state index contributed by atoms with van der Waals surface area (Å²) in [4.78, 5) is 31.3. The number of halogens is 2. The molecule has 4 aromatic rings. The highest BCUT2D eigenvalue weighted by molar-refractivity contribution is 5.75. The van der Waals surface area contributed by atoms with Gasteiger partial charge < -0.3 is 14.7 Å². The number of carbonyl (C=O) groups is 1. The third-order valence-corrected chi connectivity index (χ3v) is 7.05. The van der Waals surface area contributed by atoms with Gasteiger partial charge in [0.2, 0.25) is 5.95 Å². The maximum absolute atomic E-state index is 12.9. The third-order valence-electron chi connectivity index (χ3n) is 7.05. The minimum Gasteiger partial charge on any atom is -0.481 e. The fourth-order valence-electron chi connectivity index (χ4n) is 5.20. The average molecular weight is 492 g/mol. The largest absolute Gasteiger partial charge is 0.481 e. The Balaban J connectivity index is 1.25. The van der Waals surface area contributed by atoms with Gasteiger partial charge >= 0.3 is 12.6 Å². The zero-order valence-electron chi connectivity index (χ0n) is 19.3. The Labute approximate surface area is 204 Å². The van der Waals surface area contributed by atoms with Gasteiger partial charge in [0, 0.05) is 49.2 Å². The van der Waals surface area contributed by atoms with Gasteiger partial charge in [-0.3, -0.25) is 14.2 Å². The highest BCUT2D eigenvalue weighted by Gasteiger charge is 2.60. The second-order valence-electron chi connectivity index (χ2n) is 9.18. The molecule has 1 aromatic carbocycles. The quantitative estimate of drug-likeness (QED) is 0.418. The zero-order chi connectivity index (χ0) is 25.0. The van der Waals surface area contributed by atoms with Crippen LogP contribution in [-0.4, -0.2) is 55.1 Å². The molecule has 1 aliphatic carbocycles. The van der Waals surface area contributed by atoms with Crippen LogP contribution in [0.4, 0.5) is 14.7 Å². The highest BCUT2D eigenvalue weighted by Crippen LogP contribution is 2.52. The highest BCUT2D eigenvalue weighted by atomic mass is 19.3. The van der Waals surface area contributed by atoms with Crippen molar-refractivity contribution in [1.82, 2.24) is 24.3 Å². The molecule has 0 unspecified atom stereocenters. The van der Waals surface area contributed by atoms with E-state index < -0.39 is 12.6 Å². The first kappa shape index (κ1) is 22.3. The summed E-state index contributed by atoms with van der Waals surface area (Å²) >= 11 is 0. The second-order valence-corrected chi connectivity index (χ2v) is 9.18. The monoisotopic (exact) mass is 492 g/mol. The zero-order valence-corrected chi connectivity index (χ0v) is 19.3. The van der Waals surface area contributed by atoms with Crippen molar-refractivity contribution in [1.29, 1.82) is 0 Å². The number of rotatable bonds is 7. The smallest absolute Gasteiger partial charge is 0.387 e. The maximum atomic E-state index is 12.9. The van der Waals surface area contributed by atoms with E-state index in [4.69, 9.17) is 4.74 Å². The molecule has 1 saturated carbocycles. The number of anilines is 1. The molecule has 36 heavy (non-hydrogen) atoms. The van der Waals surface area contributed by atoms with Crippen molar-refractivity contribution in [3.8, 4) is 17.0 Å². The van der Waals surface area contributed by atoms with Crippen LogP contribution < -0.4 is 9.64 Å². The van der Waals surface area contributed by atoms with Crippen LogP contribution in [0.3, 0.4) is 0 Å². The summed E-state index contributed by atoms with van der Waals surface area (Å²) in [5.41, 5.74) is 4.22. The molecule has 6 rings (SSSR count). The fraction of sp³-hybridized carbons (Fsp3) is 0.320.